The standard InChI is InChI=1S/C16H19NO4/c1-11-4-5-12(6-7-15(18)19)9-14(11)17-16(20)13-3-2-8-21-10-13/h4-7,9,13H,2-3,8,10H2,1H3,(H,17,20)(H,18,19). The molecule has 0 spiro atoms. The van der Waals surface area contributed by atoms with Gasteiger partial charge < -0.3 is 15.2 Å². The van der Waals surface area contributed by atoms with Crippen molar-refractivity contribution in [3.63, 3.8) is 0 Å². The lowest BCUT2D eigenvalue weighted by molar-refractivity contribution is -0.131. The van der Waals surface area contributed by atoms with E-state index < -0.39 is 5.97 Å². The lowest BCUT2D eigenvalue weighted by atomic mass is 10.0. The number of benzene rings is 1. The number of amides is 1. The number of carbonyl (C=O) groups is 2. The van der Waals surface area contributed by atoms with Crippen LogP contribution < -0.4 is 5.32 Å². The van der Waals surface area contributed by atoms with Gasteiger partial charge in [0.05, 0.1) is 12.5 Å². The molecule has 21 heavy (non-hydrogen) atoms. The SMILES string of the molecule is Cc1ccc(C=CC(=O)O)cc1NC(=O)C1CCCOC1. The van der Waals surface area contributed by atoms with Crippen molar-refractivity contribution in [2.24, 2.45) is 5.92 Å². The predicted octanol–water partition coefficient (Wildman–Crippen LogP) is 2.46. The second kappa shape index (κ2) is 7.04. The summed E-state index contributed by atoms with van der Waals surface area (Å²) in [6, 6.07) is 5.44. The van der Waals surface area contributed by atoms with Crippen molar-refractivity contribution in [2.45, 2.75) is 19.8 Å². The van der Waals surface area contributed by atoms with E-state index in [1.165, 1.54) is 6.08 Å². The Balaban J connectivity index is 2.09. The molecule has 1 fully saturated rings. The summed E-state index contributed by atoms with van der Waals surface area (Å²) in [5.41, 5.74) is 2.38. The van der Waals surface area contributed by atoms with Crippen LogP contribution in [0, 0.1) is 12.8 Å². The molecule has 1 aromatic rings. The molecule has 5 nitrogen and oxygen atoms in total. The summed E-state index contributed by atoms with van der Waals surface area (Å²) < 4.78 is 5.32. The molecule has 1 aromatic carbocycles. The fourth-order valence-electron chi connectivity index (χ4n) is 2.23. The van der Waals surface area contributed by atoms with Crippen molar-refractivity contribution in [2.75, 3.05) is 18.5 Å². The summed E-state index contributed by atoms with van der Waals surface area (Å²) >= 11 is 0. The van der Waals surface area contributed by atoms with Gasteiger partial charge >= 0.3 is 5.97 Å². The highest BCUT2D eigenvalue weighted by molar-refractivity contribution is 5.94. The molecule has 1 atom stereocenters. The number of hydrogen-bond donors (Lipinski definition) is 2. The van der Waals surface area contributed by atoms with Gasteiger partial charge in [-0.15, -0.1) is 0 Å². The number of carboxylic acids is 1. The monoisotopic (exact) mass is 289 g/mol. The first-order valence-electron chi connectivity index (χ1n) is 6.96. The highest BCUT2D eigenvalue weighted by atomic mass is 16.5. The van der Waals surface area contributed by atoms with Gasteiger partial charge in [-0.05, 0) is 43.0 Å². The lowest BCUT2D eigenvalue weighted by Gasteiger charge is -2.21. The van der Waals surface area contributed by atoms with Crippen LogP contribution in [0.4, 0.5) is 5.69 Å². The zero-order chi connectivity index (χ0) is 15.2. The van der Waals surface area contributed by atoms with Crippen LogP contribution in [-0.2, 0) is 14.3 Å². The van der Waals surface area contributed by atoms with Gasteiger partial charge in [0.25, 0.3) is 0 Å². The Morgan fingerprint density at radius 3 is 2.90 bits per heavy atom. The Labute approximate surface area is 123 Å². The first-order valence-corrected chi connectivity index (χ1v) is 6.96. The minimum atomic E-state index is -1.000. The van der Waals surface area contributed by atoms with E-state index in [4.69, 9.17) is 9.84 Å². The third kappa shape index (κ3) is 4.43. The van der Waals surface area contributed by atoms with Crippen LogP contribution in [0.2, 0.25) is 0 Å². The average molecular weight is 289 g/mol. The van der Waals surface area contributed by atoms with Gasteiger partial charge in [-0.2, -0.15) is 0 Å². The van der Waals surface area contributed by atoms with Crippen LogP contribution in [0.5, 0.6) is 0 Å². The largest absolute Gasteiger partial charge is 0.478 e. The second-order valence-electron chi connectivity index (χ2n) is 5.15. The van der Waals surface area contributed by atoms with Gasteiger partial charge in [-0.1, -0.05) is 12.1 Å². The Bertz CT molecular complexity index is 559. The molecule has 0 aliphatic carbocycles. The van der Waals surface area contributed by atoms with Crippen LogP contribution in [0.3, 0.4) is 0 Å². The van der Waals surface area contributed by atoms with Crippen LogP contribution >= 0.6 is 0 Å². The first kappa shape index (κ1) is 15.3. The fourth-order valence-corrected chi connectivity index (χ4v) is 2.23. The average Bonchev–Trinajstić information content (AvgIpc) is 2.48. The Morgan fingerprint density at radius 2 is 2.24 bits per heavy atom. The maximum Gasteiger partial charge on any atom is 0.328 e. The van der Waals surface area contributed by atoms with Crippen molar-refractivity contribution in [3.8, 4) is 0 Å². The molecule has 1 unspecified atom stereocenters. The summed E-state index contributed by atoms with van der Waals surface area (Å²) in [6.45, 7) is 3.08. The van der Waals surface area contributed by atoms with Crippen LogP contribution in [-0.4, -0.2) is 30.2 Å². The van der Waals surface area contributed by atoms with Crippen molar-refractivity contribution in [1.82, 2.24) is 0 Å². The number of hydrogen-bond acceptors (Lipinski definition) is 3. The molecular formula is C16H19NO4. The van der Waals surface area contributed by atoms with Gasteiger partial charge in [0.15, 0.2) is 0 Å². The van der Waals surface area contributed by atoms with Gasteiger partial charge in [0.1, 0.15) is 0 Å². The lowest BCUT2D eigenvalue weighted by Crippen LogP contribution is -2.30. The molecule has 1 aliphatic rings. The molecular weight excluding hydrogens is 270 g/mol. The summed E-state index contributed by atoms with van der Waals surface area (Å²) in [5, 5.41) is 11.6. The number of aliphatic carboxylic acids is 1. The number of aryl methyl sites for hydroxylation is 1. The number of nitrogens with one attached hydrogen (secondary N) is 1. The number of ether oxygens (including phenoxy) is 1. The fraction of sp³-hybridized carbons (Fsp3) is 0.375. The minimum Gasteiger partial charge on any atom is -0.478 e. The number of anilines is 1. The van der Waals surface area contributed by atoms with E-state index in [-0.39, 0.29) is 11.8 Å². The van der Waals surface area contributed by atoms with Gasteiger partial charge in [0, 0.05) is 18.4 Å². The molecule has 1 aliphatic heterocycles. The third-order valence-corrected chi connectivity index (χ3v) is 3.47. The molecule has 0 saturated carbocycles. The summed E-state index contributed by atoms with van der Waals surface area (Å²) in [7, 11) is 0. The normalized spacial score (nSPS) is 18.6. The second-order valence-corrected chi connectivity index (χ2v) is 5.15. The van der Waals surface area contributed by atoms with Crippen LogP contribution in [0.15, 0.2) is 24.3 Å². The number of carbonyl (C=O) groups excluding carboxylic acids is 1. The molecule has 2 N–H and O–H groups in total. The van der Waals surface area contributed by atoms with Crippen LogP contribution in [0.1, 0.15) is 24.0 Å². The smallest absolute Gasteiger partial charge is 0.328 e. The molecule has 5 heteroatoms. The zero-order valence-corrected chi connectivity index (χ0v) is 12.0. The van der Waals surface area contributed by atoms with Gasteiger partial charge in [0.2, 0.25) is 5.91 Å². The molecule has 2 rings (SSSR count). The summed E-state index contributed by atoms with van der Waals surface area (Å²) in [5.74, 6) is -1.16. The quantitative estimate of drug-likeness (QED) is 0.835. The Kier molecular flexibility index (Phi) is 5.11. The Morgan fingerprint density at radius 1 is 1.43 bits per heavy atom. The molecule has 0 bridgehead atoms. The highest BCUT2D eigenvalue weighted by Gasteiger charge is 2.22. The van der Waals surface area contributed by atoms with E-state index in [9.17, 15) is 9.59 Å². The number of carboxylic acid groups (broad SMARTS) is 1. The maximum absolute atomic E-state index is 12.2. The third-order valence-electron chi connectivity index (χ3n) is 3.47. The molecule has 1 amide bonds. The first-order chi connectivity index (χ1) is 10.1. The molecule has 0 aromatic heterocycles. The van der Waals surface area contributed by atoms with Crippen molar-refractivity contribution in [3.05, 3.63) is 35.4 Å². The molecule has 1 heterocycles. The van der Waals surface area contributed by atoms with E-state index in [2.05, 4.69) is 5.32 Å². The van der Waals surface area contributed by atoms with E-state index in [1.54, 1.807) is 6.07 Å². The molecule has 112 valence electrons. The van der Waals surface area contributed by atoms with Crippen molar-refractivity contribution < 1.29 is 19.4 Å². The summed E-state index contributed by atoms with van der Waals surface area (Å²) in [4.78, 5) is 22.7. The van der Waals surface area contributed by atoms with Crippen molar-refractivity contribution in [1.29, 1.82) is 0 Å². The molecule has 1 saturated heterocycles. The van der Waals surface area contributed by atoms with E-state index in [0.717, 1.165) is 36.7 Å². The van der Waals surface area contributed by atoms with Crippen molar-refractivity contribution >= 4 is 23.6 Å². The Hall–Kier alpha value is -2.14. The maximum atomic E-state index is 12.2. The van der Waals surface area contributed by atoms with E-state index >= 15 is 0 Å². The topological polar surface area (TPSA) is 75.6 Å². The van der Waals surface area contributed by atoms with Gasteiger partial charge in [-0.25, -0.2) is 4.79 Å². The van der Waals surface area contributed by atoms with E-state index in [0.29, 0.717) is 12.3 Å². The molecule has 0 radical (unpaired) electrons. The summed E-state index contributed by atoms with van der Waals surface area (Å²) in [6.07, 6.45) is 4.31. The highest BCUT2D eigenvalue weighted by Crippen LogP contribution is 2.21. The number of rotatable bonds is 4. The zero-order valence-electron chi connectivity index (χ0n) is 12.0. The van der Waals surface area contributed by atoms with Crippen LogP contribution in [0.25, 0.3) is 6.08 Å². The van der Waals surface area contributed by atoms with Gasteiger partial charge in [-0.3, -0.25) is 4.79 Å². The predicted molar refractivity (Wildman–Crippen MR) is 80.0 cm³/mol. The minimum absolute atomic E-state index is 0.0443. The van der Waals surface area contributed by atoms with E-state index in [1.807, 2.05) is 19.1 Å².